The van der Waals surface area contributed by atoms with Crippen LogP contribution in [0.15, 0.2) is 0 Å². The van der Waals surface area contributed by atoms with Crippen LogP contribution in [0.5, 0.6) is 0 Å². The zero-order valence-electron chi connectivity index (χ0n) is 12.3. The van der Waals surface area contributed by atoms with Crippen molar-refractivity contribution in [2.24, 2.45) is 5.92 Å². The Balaban J connectivity index is 0.000000555. The molecule has 1 heterocycles. The SMILES string of the molecule is CC(C)C[N+]1(COC(C)C)CCCC1.F[B-](F)(F)Cl. The van der Waals surface area contributed by atoms with E-state index in [9.17, 15) is 12.9 Å². The summed E-state index contributed by atoms with van der Waals surface area (Å²) in [6.07, 6.45) is -1.89. The first-order valence-corrected chi connectivity index (χ1v) is 7.32. The number of hydrogen-bond acceptors (Lipinski definition) is 1. The molecule has 0 radical (unpaired) electrons. The van der Waals surface area contributed by atoms with E-state index in [4.69, 9.17) is 4.74 Å². The fourth-order valence-electron chi connectivity index (χ4n) is 2.45. The van der Waals surface area contributed by atoms with Gasteiger partial charge in [-0.2, -0.15) is 0 Å². The van der Waals surface area contributed by atoms with E-state index in [0.29, 0.717) is 6.10 Å². The fourth-order valence-corrected chi connectivity index (χ4v) is 2.45. The molecule has 0 saturated carbocycles. The molecule has 0 aromatic carbocycles. The zero-order chi connectivity index (χ0) is 15.1. The van der Waals surface area contributed by atoms with Crippen LogP contribution < -0.4 is 0 Å². The Morgan fingerprint density at radius 3 is 1.84 bits per heavy atom. The lowest BCUT2D eigenvalue weighted by Gasteiger charge is -2.35. The first-order chi connectivity index (χ1) is 8.54. The van der Waals surface area contributed by atoms with Gasteiger partial charge in [-0.1, -0.05) is 13.8 Å². The third-order valence-electron chi connectivity index (χ3n) is 2.95. The first kappa shape index (κ1) is 19.1. The average molecular weight is 304 g/mol. The van der Waals surface area contributed by atoms with Gasteiger partial charge in [0.05, 0.1) is 25.7 Å². The minimum absolute atomic E-state index is 0.373. The molecule has 1 aliphatic rings. The number of likely N-dealkylation sites (tertiary alicyclic amines) is 1. The van der Waals surface area contributed by atoms with E-state index < -0.39 is 6.39 Å². The smallest absolute Gasteiger partial charge is 0.435 e. The van der Waals surface area contributed by atoms with Crippen LogP contribution in [0.1, 0.15) is 40.5 Å². The van der Waals surface area contributed by atoms with Gasteiger partial charge in [-0.3, -0.25) is 11.5 Å². The Morgan fingerprint density at radius 1 is 1.11 bits per heavy atom. The van der Waals surface area contributed by atoms with E-state index in [2.05, 4.69) is 39.2 Å². The maximum atomic E-state index is 10.2. The van der Waals surface area contributed by atoms with Crippen molar-refractivity contribution in [1.82, 2.24) is 0 Å². The molecule has 1 fully saturated rings. The predicted octanol–water partition coefficient (Wildman–Crippen LogP) is 4.20. The van der Waals surface area contributed by atoms with E-state index in [1.54, 1.807) is 0 Å². The normalized spacial score (nSPS) is 18.6. The summed E-state index contributed by atoms with van der Waals surface area (Å²) in [6, 6.07) is 0. The van der Waals surface area contributed by atoms with Gasteiger partial charge in [-0.25, -0.2) is 0 Å². The lowest BCUT2D eigenvalue weighted by atomic mass is 10.2. The average Bonchev–Trinajstić information content (AvgIpc) is 2.60. The molecule has 0 N–H and O–H groups in total. The van der Waals surface area contributed by atoms with Gasteiger partial charge in [0.25, 0.3) is 0 Å². The van der Waals surface area contributed by atoms with Crippen molar-refractivity contribution in [3.63, 3.8) is 0 Å². The Morgan fingerprint density at radius 2 is 1.53 bits per heavy atom. The van der Waals surface area contributed by atoms with Crippen LogP contribution in [0.2, 0.25) is 0 Å². The molecule has 0 atom stereocenters. The van der Waals surface area contributed by atoms with Gasteiger partial charge in [0, 0.05) is 18.8 Å². The Hall–Kier alpha value is 0.0649. The van der Waals surface area contributed by atoms with Gasteiger partial charge in [0.1, 0.15) is 0 Å². The Kier molecular flexibility index (Phi) is 8.40. The fraction of sp³-hybridized carbons (Fsp3) is 1.00. The minimum atomic E-state index is -5.03. The molecule has 1 rings (SSSR count). The summed E-state index contributed by atoms with van der Waals surface area (Å²) in [7, 11) is 0. The van der Waals surface area contributed by atoms with Crippen molar-refractivity contribution in [3.05, 3.63) is 0 Å². The van der Waals surface area contributed by atoms with E-state index in [1.165, 1.54) is 37.0 Å². The summed E-state index contributed by atoms with van der Waals surface area (Å²) >= 11 is 3.59. The Labute approximate surface area is 119 Å². The van der Waals surface area contributed by atoms with Crippen molar-refractivity contribution >= 4 is 17.9 Å². The van der Waals surface area contributed by atoms with Crippen LogP contribution in [0, 0.1) is 5.92 Å². The van der Waals surface area contributed by atoms with Crippen molar-refractivity contribution in [2.45, 2.75) is 46.6 Å². The van der Waals surface area contributed by atoms with Crippen LogP contribution in [0.25, 0.3) is 0 Å². The maximum Gasteiger partial charge on any atom is 0.576 e. The van der Waals surface area contributed by atoms with E-state index in [0.717, 1.165) is 12.6 Å². The van der Waals surface area contributed by atoms with Crippen molar-refractivity contribution < 1.29 is 22.2 Å². The molecule has 7 heteroatoms. The predicted molar refractivity (Wildman–Crippen MR) is 75.0 cm³/mol. The second kappa shape index (κ2) is 8.37. The number of halogens is 4. The van der Waals surface area contributed by atoms with Crippen LogP contribution in [0.4, 0.5) is 12.9 Å². The molecule has 0 aliphatic carbocycles. The zero-order valence-corrected chi connectivity index (χ0v) is 13.1. The van der Waals surface area contributed by atoms with Gasteiger partial charge in [0.2, 0.25) is 0 Å². The lowest BCUT2D eigenvalue weighted by molar-refractivity contribution is -0.938. The quantitative estimate of drug-likeness (QED) is 0.546. The molecule has 0 aromatic rings. The van der Waals surface area contributed by atoms with Crippen molar-refractivity contribution in [3.8, 4) is 0 Å². The molecule has 19 heavy (non-hydrogen) atoms. The van der Waals surface area contributed by atoms with E-state index in [-0.39, 0.29) is 0 Å². The van der Waals surface area contributed by atoms with Crippen LogP contribution >= 0.6 is 11.5 Å². The van der Waals surface area contributed by atoms with E-state index >= 15 is 0 Å². The molecular formula is C12H26BClF3NO. The highest BCUT2D eigenvalue weighted by molar-refractivity contribution is 7.08. The van der Waals surface area contributed by atoms with Crippen molar-refractivity contribution in [1.29, 1.82) is 0 Å². The minimum Gasteiger partial charge on any atom is -0.435 e. The molecule has 0 unspecified atom stereocenters. The summed E-state index contributed by atoms with van der Waals surface area (Å²) in [4.78, 5) is 0. The second-order valence-electron chi connectivity index (χ2n) is 5.91. The lowest BCUT2D eigenvalue weighted by Crippen LogP contribution is -2.49. The van der Waals surface area contributed by atoms with Gasteiger partial charge >= 0.3 is 6.39 Å². The summed E-state index contributed by atoms with van der Waals surface area (Å²) in [5, 5.41) is 0. The highest BCUT2D eigenvalue weighted by Crippen LogP contribution is 2.22. The number of nitrogens with zero attached hydrogens (tertiary/aromatic N) is 1. The highest BCUT2D eigenvalue weighted by Gasteiger charge is 2.32. The van der Waals surface area contributed by atoms with Gasteiger partial charge in [-0.15, -0.1) is 0 Å². The molecule has 0 amide bonds. The number of quaternary nitrogens is 1. The summed E-state index contributed by atoms with van der Waals surface area (Å²) in [5.41, 5.74) is 0. The Bertz CT molecular complexity index is 238. The number of rotatable bonds is 5. The number of hydrogen-bond donors (Lipinski definition) is 0. The highest BCUT2D eigenvalue weighted by atomic mass is 35.5. The van der Waals surface area contributed by atoms with E-state index in [1.807, 2.05) is 0 Å². The molecule has 0 spiro atoms. The number of ether oxygens (including phenoxy) is 1. The standard InChI is InChI=1S/C12H26NO.BClF3/c1-11(2)9-13(7-5-6-8-13)10-14-12(3)4;2-1(3,4)5/h11-12H,5-10H2,1-4H3;/q+1;-1. The largest absolute Gasteiger partial charge is 0.576 e. The van der Waals surface area contributed by atoms with Crippen LogP contribution in [-0.4, -0.2) is 43.3 Å². The molecule has 116 valence electrons. The third kappa shape index (κ3) is 11.6. The van der Waals surface area contributed by atoms with Crippen molar-refractivity contribution in [2.75, 3.05) is 26.4 Å². The summed E-state index contributed by atoms with van der Waals surface area (Å²) in [6.45, 7) is 13.7. The molecule has 1 aliphatic heterocycles. The molecule has 0 aromatic heterocycles. The monoisotopic (exact) mass is 303 g/mol. The second-order valence-corrected chi connectivity index (χ2v) is 6.41. The van der Waals surface area contributed by atoms with Gasteiger partial charge in [0.15, 0.2) is 6.73 Å². The molecule has 1 saturated heterocycles. The maximum absolute atomic E-state index is 10.2. The summed E-state index contributed by atoms with van der Waals surface area (Å²) < 4.78 is 37.6. The van der Waals surface area contributed by atoms with Gasteiger partial charge in [-0.05, 0) is 13.8 Å². The topological polar surface area (TPSA) is 9.23 Å². The molecular weight excluding hydrogens is 277 g/mol. The molecule has 2 nitrogen and oxygen atoms in total. The van der Waals surface area contributed by atoms with Gasteiger partial charge < -0.3 is 22.2 Å². The first-order valence-electron chi connectivity index (χ1n) is 6.88. The molecule has 0 bridgehead atoms. The van der Waals surface area contributed by atoms with Crippen LogP contribution in [0.3, 0.4) is 0 Å². The summed E-state index contributed by atoms with van der Waals surface area (Å²) in [5.74, 6) is 0.781. The van der Waals surface area contributed by atoms with Crippen LogP contribution in [-0.2, 0) is 4.74 Å². The third-order valence-corrected chi connectivity index (χ3v) is 2.95.